The summed E-state index contributed by atoms with van der Waals surface area (Å²) in [6.07, 6.45) is -1.77. The standard InChI is InChI=1S/C16H15F3N6O2/c1-24(14-12-7-22-25(2)15(12)21-9-20-14)8-13(26)23-10-3-5-11(6-4-10)27-16(17,18)19/h3-7,9H,8H2,1-2H3,(H,23,26). The van der Waals surface area contributed by atoms with Crippen LogP contribution in [0.1, 0.15) is 0 Å². The van der Waals surface area contributed by atoms with Gasteiger partial charge in [-0.15, -0.1) is 13.2 Å². The van der Waals surface area contributed by atoms with Crippen molar-refractivity contribution in [3.8, 4) is 5.75 Å². The van der Waals surface area contributed by atoms with Gasteiger partial charge in [0.25, 0.3) is 0 Å². The molecule has 0 spiro atoms. The van der Waals surface area contributed by atoms with Crippen molar-refractivity contribution in [2.24, 2.45) is 7.05 Å². The van der Waals surface area contributed by atoms with E-state index in [0.717, 1.165) is 12.1 Å². The molecule has 0 aliphatic carbocycles. The summed E-state index contributed by atoms with van der Waals surface area (Å²) in [5.74, 6) is -0.188. The molecule has 2 aromatic heterocycles. The van der Waals surface area contributed by atoms with Gasteiger partial charge in [0.15, 0.2) is 5.65 Å². The van der Waals surface area contributed by atoms with Crippen molar-refractivity contribution in [2.75, 3.05) is 23.8 Å². The molecule has 0 saturated carbocycles. The fourth-order valence-corrected chi connectivity index (χ4v) is 2.48. The highest BCUT2D eigenvalue weighted by Gasteiger charge is 2.31. The number of carbonyl (C=O) groups excluding carboxylic acids is 1. The van der Waals surface area contributed by atoms with Gasteiger partial charge >= 0.3 is 6.36 Å². The van der Waals surface area contributed by atoms with E-state index in [-0.39, 0.29) is 18.2 Å². The summed E-state index contributed by atoms with van der Waals surface area (Å²) in [5, 5.41) is 7.42. The number of likely N-dealkylation sites (N-methyl/N-ethyl adjacent to an activating group) is 1. The van der Waals surface area contributed by atoms with Crippen molar-refractivity contribution < 1.29 is 22.7 Å². The molecule has 0 saturated heterocycles. The first-order valence-electron chi connectivity index (χ1n) is 7.72. The van der Waals surface area contributed by atoms with Crippen molar-refractivity contribution >= 4 is 28.4 Å². The van der Waals surface area contributed by atoms with Gasteiger partial charge in [-0.3, -0.25) is 9.48 Å². The van der Waals surface area contributed by atoms with Crippen LogP contribution in [0.2, 0.25) is 0 Å². The normalized spacial score (nSPS) is 11.4. The smallest absolute Gasteiger partial charge is 0.406 e. The molecule has 0 radical (unpaired) electrons. The summed E-state index contributed by atoms with van der Waals surface area (Å²) in [7, 11) is 3.44. The van der Waals surface area contributed by atoms with Crippen LogP contribution in [0.15, 0.2) is 36.8 Å². The van der Waals surface area contributed by atoms with E-state index in [1.54, 1.807) is 29.9 Å². The molecule has 1 N–H and O–H groups in total. The molecule has 0 unspecified atom stereocenters. The third-order valence-electron chi connectivity index (χ3n) is 3.62. The lowest BCUT2D eigenvalue weighted by molar-refractivity contribution is -0.274. The number of aromatic nitrogens is 4. The maximum atomic E-state index is 12.2. The third kappa shape index (κ3) is 4.43. The van der Waals surface area contributed by atoms with Gasteiger partial charge in [-0.25, -0.2) is 9.97 Å². The van der Waals surface area contributed by atoms with Crippen LogP contribution in [0.5, 0.6) is 5.75 Å². The van der Waals surface area contributed by atoms with E-state index in [0.29, 0.717) is 22.5 Å². The molecule has 0 atom stereocenters. The van der Waals surface area contributed by atoms with Crippen LogP contribution in [-0.4, -0.2) is 45.6 Å². The summed E-state index contributed by atoms with van der Waals surface area (Å²) in [6, 6.07) is 4.89. The number of carbonyl (C=O) groups is 1. The molecule has 3 aromatic rings. The first-order valence-corrected chi connectivity index (χ1v) is 7.72. The number of hydrogen-bond acceptors (Lipinski definition) is 6. The molecule has 0 bridgehead atoms. The van der Waals surface area contributed by atoms with E-state index in [4.69, 9.17) is 0 Å². The van der Waals surface area contributed by atoms with Crippen LogP contribution in [-0.2, 0) is 11.8 Å². The Balaban J connectivity index is 1.65. The molecule has 0 fully saturated rings. The lowest BCUT2D eigenvalue weighted by atomic mass is 10.3. The van der Waals surface area contributed by atoms with E-state index in [1.165, 1.54) is 18.5 Å². The number of alkyl halides is 3. The zero-order valence-electron chi connectivity index (χ0n) is 14.4. The van der Waals surface area contributed by atoms with Crippen molar-refractivity contribution in [3.05, 3.63) is 36.8 Å². The molecule has 3 rings (SSSR count). The second-order valence-electron chi connectivity index (χ2n) is 5.68. The molecule has 0 aliphatic heterocycles. The van der Waals surface area contributed by atoms with Gasteiger partial charge in [-0.1, -0.05) is 0 Å². The monoisotopic (exact) mass is 380 g/mol. The first-order chi connectivity index (χ1) is 12.7. The summed E-state index contributed by atoms with van der Waals surface area (Å²) in [4.78, 5) is 22.2. The number of hydrogen-bond donors (Lipinski definition) is 1. The van der Waals surface area contributed by atoms with E-state index in [1.807, 2.05) is 0 Å². The Morgan fingerprint density at radius 3 is 2.63 bits per heavy atom. The molecule has 142 valence electrons. The zero-order valence-corrected chi connectivity index (χ0v) is 14.4. The first kappa shape index (κ1) is 18.4. The van der Waals surface area contributed by atoms with Crippen LogP contribution < -0.4 is 15.0 Å². The van der Waals surface area contributed by atoms with E-state index >= 15 is 0 Å². The Hall–Kier alpha value is -3.37. The quantitative estimate of drug-likeness (QED) is 0.731. The van der Waals surface area contributed by atoms with Gasteiger partial charge in [0.2, 0.25) is 5.91 Å². The SMILES string of the molecule is CN(CC(=O)Nc1ccc(OC(F)(F)F)cc1)c1ncnc2c1cnn2C. The van der Waals surface area contributed by atoms with E-state index in [2.05, 4.69) is 25.1 Å². The van der Waals surface area contributed by atoms with Crippen LogP contribution in [0.4, 0.5) is 24.7 Å². The average Bonchev–Trinajstić information content (AvgIpc) is 2.96. The van der Waals surface area contributed by atoms with Crippen LogP contribution >= 0.6 is 0 Å². The molecule has 1 aromatic carbocycles. The highest BCUT2D eigenvalue weighted by atomic mass is 19.4. The third-order valence-corrected chi connectivity index (χ3v) is 3.62. The highest BCUT2D eigenvalue weighted by Crippen LogP contribution is 2.24. The number of fused-ring (bicyclic) bond motifs is 1. The Morgan fingerprint density at radius 1 is 1.26 bits per heavy atom. The maximum absolute atomic E-state index is 12.2. The number of halogens is 3. The lowest BCUT2D eigenvalue weighted by Crippen LogP contribution is -2.30. The van der Waals surface area contributed by atoms with E-state index in [9.17, 15) is 18.0 Å². The Labute approximate surface area is 151 Å². The Bertz CT molecular complexity index is 955. The predicted octanol–water partition coefficient (Wildman–Crippen LogP) is 2.34. The molecule has 11 heteroatoms. The van der Waals surface area contributed by atoms with Gasteiger partial charge in [-0.2, -0.15) is 5.10 Å². The van der Waals surface area contributed by atoms with Crippen LogP contribution in [0.25, 0.3) is 11.0 Å². The van der Waals surface area contributed by atoms with Gasteiger partial charge in [0.05, 0.1) is 18.1 Å². The Morgan fingerprint density at radius 2 is 1.96 bits per heavy atom. The van der Waals surface area contributed by atoms with Gasteiger partial charge in [-0.05, 0) is 24.3 Å². The van der Waals surface area contributed by atoms with Crippen molar-refractivity contribution in [3.63, 3.8) is 0 Å². The Kier molecular flexibility index (Phi) is 4.84. The molecule has 1 amide bonds. The number of ether oxygens (including phenoxy) is 1. The minimum Gasteiger partial charge on any atom is -0.406 e. The molecule has 2 heterocycles. The highest BCUT2D eigenvalue weighted by molar-refractivity contribution is 5.95. The maximum Gasteiger partial charge on any atom is 0.573 e. The summed E-state index contributed by atoms with van der Waals surface area (Å²) in [6.45, 7) is -0.0260. The fourth-order valence-electron chi connectivity index (χ4n) is 2.48. The zero-order chi connectivity index (χ0) is 19.6. The van der Waals surface area contributed by atoms with E-state index < -0.39 is 6.36 Å². The van der Waals surface area contributed by atoms with Crippen LogP contribution in [0, 0.1) is 0 Å². The molecular weight excluding hydrogens is 365 g/mol. The molecule has 27 heavy (non-hydrogen) atoms. The second-order valence-corrected chi connectivity index (χ2v) is 5.68. The second kappa shape index (κ2) is 7.09. The number of nitrogens with zero attached hydrogens (tertiary/aromatic N) is 5. The number of rotatable bonds is 5. The minimum atomic E-state index is -4.76. The summed E-state index contributed by atoms with van der Waals surface area (Å²) in [5.41, 5.74) is 0.977. The van der Waals surface area contributed by atoms with Crippen LogP contribution in [0.3, 0.4) is 0 Å². The summed E-state index contributed by atoms with van der Waals surface area (Å²) >= 11 is 0. The van der Waals surface area contributed by atoms with Crippen molar-refractivity contribution in [2.45, 2.75) is 6.36 Å². The van der Waals surface area contributed by atoms with Crippen molar-refractivity contribution in [1.29, 1.82) is 0 Å². The van der Waals surface area contributed by atoms with Gasteiger partial charge in [0.1, 0.15) is 17.9 Å². The molecule has 0 aliphatic rings. The fraction of sp³-hybridized carbons (Fsp3) is 0.250. The van der Waals surface area contributed by atoms with Gasteiger partial charge < -0.3 is 15.0 Å². The number of aryl methyl sites for hydroxylation is 1. The number of anilines is 2. The number of benzene rings is 1. The number of amides is 1. The topological polar surface area (TPSA) is 85.2 Å². The largest absolute Gasteiger partial charge is 0.573 e. The average molecular weight is 380 g/mol. The number of nitrogens with one attached hydrogen (secondary N) is 1. The molecular formula is C16H15F3N6O2. The predicted molar refractivity (Wildman–Crippen MR) is 91.3 cm³/mol. The minimum absolute atomic E-state index is 0.0260. The summed E-state index contributed by atoms with van der Waals surface area (Å²) < 4.78 is 41.8. The molecule has 8 nitrogen and oxygen atoms in total. The van der Waals surface area contributed by atoms with Gasteiger partial charge in [0, 0.05) is 19.8 Å². The van der Waals surface area contributed by atoms with Crippen molar-refractivity contribution in [1.82, 2.24) is 19.7 Å². The lowest BCUT2D eigenvalue weighted by Gasteiger charge is -2.18.